The summed E-state index contributed by atoms with van der Waals surface area (Å²) < 4.78 is 6.59. The third-order valence-corrected chi connectivity index (χ3v) is 4.66. The van der Waals surface area contributed by atoms with Crippen molar-refractivity contribution in [3.63, 3.8) is 0 Å². The molecule has 106 valence electrons. The number of pyridine rings is 1. The molecule has 1 aromatic rings. The smallest absolute Gasteiger partial charge is 0.232 e. The van der Waals surface area contributed by atoms with E-state index in [2.05, 4.69) is 37.8 Å². The first-order valence-electron chi connectivity index (χ1n) is 6.42. The maximum atomic E-state index is 6.20. The van der Waals surface area contributed by atoms with Crippen LogP contribution in [0.25, 0.3) is 0 Å². The molecule has 2 rings (SSSR count). The topological polar surface area (TPSA) is 28.6 Å². The minimum Gasteiger partial charge on any atom is -0.475 e. The summed E-state index contributed by atoms with van der Waals surface area (Å²) >= 11 is 9.60. The predicted molar refractivity (Wildman–Crippen MR) is 81.1 cm³/mol. The van der Waals surface area contributed by atoms with Crippen LogP contribution in [0.1, 0.15) is 5.56 Å². The molecule has 1 aliphatic rings. The SMILES string of the molecule is Cc1c(Br)cnc(OCCN2CCN(C)CC2)c1Cl. The van der Waals surface area contributed by atoms with E-state index in [0.717, 1.165) is 42.8 Å². The fourth-order valence-corrected chi connectivity index (χ4v) is 2.60. The Balaban J connectivity index is 1.81. The Morgan fingerprint density at radius 1 is 1.37 bits per heavy atom. The van der Waals surface area contributed by atoms with Gasteiger partial charge in [-0.1, -0.05) is 11.6 Å². The van der Waals surface area contributed by atoms with E-state index >= 15 is 0 Å². The molecule has 4 nitrogen and oxygen atoms in total. The zero-order chi connectivity index (χ0) is 13.8. The summed E-state index contributed by atoms with van der Waals surface area (Å²) in [6.07, 6.45) is 1.73. The molecule has 6 heteroatoms. The summed E-state index contributed by atoms with van der Waals surface area (Å²) in [5.41, 5.74) is 0.964. The molecule has 0 saturated carbocycles. The van der Waals surface area contributed by atoms with Gasteiger partial charge in [-0.2, -0.15) is 0 Å². The third-order valence-electron chi connectivity index (χ3n) is 3.41. The number of nitrogens with zero attached hydrogens (tertiary/aromatic N) is 3. The zero-order valence-electron chi connectivity index (χ0n) is 11.3. The summed E-state index contributed by atoms with van der Waals surface area (Å²) in [5.74, 6) is 0.525. The molecule has 0 amide bonds. The summed E-state index contributed by atoms with van der Waals surface area (Å²) in [5, 5.41) is 0.591. The van der Waals surface area contributed by atoms with Crippen LogP contribution in [0, 0.1) is 6.92 Å². The fourth-order valence-electron chi connectivity index (χ4n) is 1.98. The lowest BCUT2D eigenvalue weighted by molar-refractivity contribution is 0.132. The number of piperazine rings is 1. The van der Waals surface area contributed by atoms with Crippen molar-refractivity contribution >= 4 is 27.5 Å². The van der Waals surface area contributed by atoms with Gasteiger partial charge in [0.1, 0.15) is 11.6 Å². The molecule has 1 aliphatic heterocycles. The second-order valence-electron chi connectivity index (χ2n) is 4.84. The molecule has 2 heterocycles. The number of hydrogen-bond donors (Lipinski definition) is 0. The minimum absolute atomic E-state index is 0.525. The lowest BCUT2D eigenvalue weighted by atomic mass is 10.3. The number of halogens is 2. The van der Waals surface area contributed by atoms with E-state index in [-0.39, 0.29) is 0 Å². The van der Waals surface area contributed by atoms with Crippen LogP contribution in [0.2, 0.25) is 5.02 Å². The maximum absolute atomic E-state index is 6.20. The first-order chi connectivity index (χ1) is 9.08. The molecule has 1 fully saturated rings. The zero-order valence-corrected chi connectivity index (χ0v) is 13.7. The first-order valence-corrected chi connectivity index (χ1v) is 7.59. The van der Waals surface area contributed by atoms with Gasteiger partial charge in [-0.3, -0.25) is 4.90 Å². The predicted octanol–water partition coefficient (Wildman–Crippen LogP) is 2.43. The Bertz CT molecular complexity index is 436. The summed E-state index contributed by atoms with van der Waals surface area (Å²) in [7, 11) is 2.15. The van der Waals surface area contributed by atoms with Gasteiger partial charge in [-0.25, -0.2) is 4.98 Å². The number of likely N-dealkylation sites (N-methyl/N-ethyl adjacent to an activating group) is 1. The van der Waals surface area contributed by atoms with Gasteiger partial charge in [0.2, 0.25) is 5.88 Å². The van der Waals surface area contributed by atoms with Crippen molar-refractivity contribution < 1.29 is 4.74 Å². The van der Waals surface area contributed by atoms with Crippen LogP contribution < -0.4 is 4.74 Å². The third kappa shape index (κ3) is 4.05. The van der Waals surface area contributed by atoms with E-state index in [0.29, 0.717) is 17.5 Å². The highest BCUT2D eigenvalue weighted by Crippen LogP contribution is 2.30. The summed E-state index contributed by atoms with van der Waals surface area (Å²) in [6.45, 7) is 7.92. The van der Waals surface area contributed by atoms with Crippen molar-refractivity contribution in [2.45, 2.75) is 6.92 Å². The van der Waals surface area contributed by atoms with Crippen molar-refractivity contribution in [1.82, 2.24) is 14.8 Å². The van der Waals surface area contributed by atoms with Crippen molar-refractivity contribution in [2.75, 3.05) is 46.4 Å². The molecule has 0 bridgehead atoms. The molecule has 0 atom stereocenters. The molecule has 0 aliphatic carbocycles. The van der Waals surface area contributed by atoms with E-state index in [4.69, 9.17) is 16.3 Å². The van der Waals surface area contributed by atoms with E-state index in [1.54, 1.807) is 6.20 Å². The van der Waals surface area contributed by atoms with Gasteiger partial charge in [-0.15, -0.1) is 0 Å². The maximum Gasteiger partial charge on any atom is 0.232 e. The van der Waals surface area contributed by atoms with Crippen LogP contribution in [0.15, 0.2) is 10.7 Å². The summed E-state index contributed by atoms with van der Waals surface area (Å²) in [4.78, 5) is 8.95. The van der Waals surface area contributed by atoms with Crippen LogP contribution in [0.5, 0.6) is 5.88 Å². The van der Waals surface area contributed by atoms with Gasteiger partial charge in [-0.05, 0) is 35.5 Å². The lowest BCUT2D eigenvalue weighted by Crippen LogP contribution is -2.45. The van der Waals surface area contributed by atoms with Crippen LogP contribution in [0.3, 0.4) is 0 Å². The lowest BCUT2D eigenvalue weighted by Gasteiger charge is -2.32. The molecule has 0 radical (unpaired) electrons. The van der Waals surface area contributed by atoms with Gasteiger partial charge >= 0.3 is 0 Å². The van der Waals surface area contributed by atoms with Gasteiger partial charge < -0.3 is 9.64 Å². The summed E-state index contributed by atoms with van der Waals surface area (Å²) in [6, 6.07) is 0. The van der Waals surface area contributed by atoms with Gasteiger partial charge in [0.25, 0.3) is 0 Å². The van der Waals surface area contributed by atoms with E-state index in [1.165, 1.54) is 0 Å². The Morgan fingerprint density at radius 2 is 2.05 bits per heavy atom. The number of ether oxygens (including phenoxy) is 1. The largest absolute Gasteiger partial charge is 0.475 e. The number of aromatic nitrogens is 1. The van der Waals surface area contributed by atoms with Crippen LogP contribution in [0.4, 0.5) is 0 Å². The quantitative estimate of drug-likeness (QED) is 0.835. The van der Waals surface area contributed by atoms with Crippen molar-refractivity contribution in [3.8, 4) is 5.88 Å². The first kappa shape index (κ1) is 15.0. The van der Waals surface area contributed by atoms with Crippen LogP contribution >= 0.6 is 27.5 Å². The molecular formula is C13H19BrClN3O. The van der Waals surface area contributed by atoms with Crippen LogP contribution in [-0.2, 0) is 0 Å². The Hall–Kier alpha value is -0.360. The molecule has 0 spiro atoms. The van der Waals surface area contributed by atoms with Crippen LogP contribution in [-0.4, -0.2) is 61.2 Å². The number of hydrogen-bond acceptors (Lipinski definition) is 4. The van der Waals surface area contributed by atoms with E-state index in [9.17, 15) is 0 Å². The second kappa shape index (κ2) is 6.88. The standard InChI is InChI=1S/C13H19BrClN3O/c1-10-11(14)9-16-13(12(10)15)19-8-7-18-5-3-17(2)4-6-18/h9H,3-8H2,1-2H3. The average molecular weight is 349 g/mol. The van der Waals surface area contributed by atoms with E-state index in [1.807, 2.05) is 6.92 Å². The molecule has 0 aromatic carbocycles. The van der Waals surface area contributed by atoms with E-state index < -0.39 is 0 Å². The molecule has 1 aromatic heterocycles. The fraction of sp³-hybridized carbons (Fsp3) is 0.615. The highest BCUT2D eigenvalue weighted by Gasteiger charge is 2.14. The Kier molecular flexibility index (Phi) is 5.45. The molecule has 0 unspecified atom stereocenters. The molecule has 1 saturated heterocycles. The number of rotatable bonds is 4. The Morgan fingerprint density at radius 3 is 2.74 bits per heavy atom. The van der Waals surface area contributed by atoms with Gasteiger partial charge in [0, 0.05) is 43.4 Å². The molecule has 19 heavy (non-hydrogen) atoms. The van der Waals surface area contributed by atoms with Crippen molar-refractivity contribution in [1.29, 1.82) is 0 Å². The van der Waals surface area contributed by atoms with Gasteiger partial charge in [0.05, 0.1) is 0 Å². The monoisotopic (exact) mass is 347 g/mol. The highest BCUT2D eigenvalue weighted by molar-refractivity contribution is 9.10. The second-order valence-corrected chi connectivity index (χ2v) is 6.08. The molecule has 0 N–H and O–H groups in total. The van der Waals surface area contributed by atoms with Gasteiger partial charge in [0.15, 0.2) is 0 Å². The highest BCUT2D eigenvalue weighted by atomic mass is 79.9. The average Bonchev–Trinajstić information content (AvgIpc) is 2.41. The molecular weight excluding hydrogens is 330 g/mol. The minimum atomic E-state index is 0.525. The Labute approximate surface area is 127 Å². The van der Waals surface area contributed by atoms with Crippen molar-refractivity contribution in [2.24, 2.45) is 0 Å². The normalized spacial score (nSPS) is 17.7. The van der Waals surface area contributed by atoms with Crippen molar-refractivity contribution in [3.05, 3.63) is 21.3 Å².